The molecule has 0 amide bonds. The van der Waals surface area contributed by atoms with Crippen LogP contribution in [-0.2, 0) is 0 Å². The van der Waals surface area contributed by atoms with E-state index in [0.29, 0.717) is 10.8 Å². The Bertz CT molecular complexity index is 489. The SMILES string of the molecule is CCCC(CC)CC1CCC2C(C1)C(C(C)(C)C)C(CCC)C(CC)C2C(C)(C)C. The summed E-state index contributed by atoms with van der Waals surface area (Å²) >= 11 is 0. The standard InChI is InChI=1S/C30H58/c1-11-15-21(13-3)19-22-17-18-25-26(20-22)28(30(8,9)10)24(16-12-2)23(14-4)27(25)29(5,6)7/h21-28H,11-20H2,1-10H3. The normalized spacial score (nSPS) is 36.4. The van der Waals surface area contributed by atoms with Gasteiger partial charge in [-0.25, -0.2) is 0 Å². The van der Waals surface area contributed by atoms with Crippen molar-refractivity contribution in [2.45, 2.75) is 133 Å². The maximum absolute atomic E-state index is 2.58. The summed E-state index contributed by atoms with van der Waals surface area (Å²) < 4.78 is 0. The van der Waals surface area contributed by atoms with Crippen LogP contribution < -0.4 is 0 Å². The van der Waals surface area contributed by atoms with E-state index < -0.39 is 0 Å². The summed E-state index contributed by atoms with van der Waals surface area (Å²) in [5.41, 5.74) is 0.883. The lowest BCUT2D eigenvalue weighted by atomic mass is 9.43. The molecule has 0 aromatic carbocycles. The Hall–Kier alpha value is 0. The molecule has 30 heavy (non-hydrogen) atoms. The van der Waals surface area contributed by atoms with Crippen molar-refractivity contribution in [3.8, 4) is 0 Å². The van der Waals surface area contributed by atoms with Crippen LogP contribution in [0.2, 0.25) is 0 Å². The lowest BCUT2D eigenvalue weighted by Crippen LogP contribution is -2.55. The fourth-order valence-electron chi connectivity index (χ4n) is 8.78. The Morgan fingerprint density at radius 2 is 1.33 bits per heavy atom. The molecule has 8 unspecified atom stereocenters. The van der Waals surface area contributed by atoms with E-state index >= 15 is 0 Å². The molecule has 0 saturated heterocycles. The molecular formula is C30H58. The molecule has 0 aliphatic heterocycles. The Labute approximate surface area is 191 Å². The van der Waals surface area contributed by atoms with Gasteiger partial charge in [0.15, 0.2) is 0 Å². The van der Waals surface area contributed by atoms with Crippen LogP contribution in [-0.4, -0.2) is 0 Å². The molecule has 0 aromatic heterocycles. The van der Waals surface area contributed by atoms with E-state index in [4.69, 9.17) is 0 Å². The van der Waals surface area contributed by atoms with Gasteiger partial charge in [0.25, 0.3) is 0 Å². The van der Waals surface area contributed by atoms with E-state index in [1.165, 1.54) is 64.2 Å². The van der Waals surface area contributed by atoms with Crippen molar-refractivity contribution < 1.29 is 0 Å². The molecule has 2 rings (SSSR count). The molecule has 2 aliphatic carbocycles. The zero-order valence-corrected chi connectivity index (χ0v) is 22.7. The Morgan fingerprint density at radius 1 is 0.733 bits per heavy atom. The minimum atomic E-state index is 0.439. The molecule has 2 fully saturated rings. The summed E-state index contributed by atoms with van der Waals surface area (Å²) in [6.07, 6.45) is 14.5. The summed E-state index contributed by atoms with van der Waals surface area (Å²) in [5.74, 6) is 7.59. The highest BCUT2D eigenvalue weighted by Gasteiger charge is 2.56. The Kier molecular flexibility index (Phi) is 9.40. The molecule has 0 heteroatoms. The van der Waals surface area contributed by atoms with Crippen molar-refractivity contribution >= 4 is 0 Å². The number of hydrogen-bond donors (Lipinski definition) is 0. The van der Waals surface area contributed by atoms with Gasteiger partial charge < -0.3 is 0 Å². The topological polar surface area (TPSA) is 0 Å². The van der Waals surface area contributed by atoms with E-state index in [1.54, 1.807) is 0 Å². The van der Waals surface area contributed by atoms with Gasteiger partial charge in [-0.05, 0) is 77.4 Å². The lowest BCUT2D eigenvalue weighted by molar-refractivity contribution is -0.131. The fraction of sp³-hybridized carbons (Fsp3) is 1.00. The van der Waals surface area contributed by atoms with Gasteiger partial charge in [-0.2, -0.15) is 0 Å². The van der Waals surface area contributed by atoms with Crippen LogP contribution in [0.1, 0.15) is 133 Å². The van der Waals surface area contributed by atoms with Crippen LogP contribution in [0.25, 0.3) is 0 Å². The molecule has 0 N–H and O–H groups in total. The third-order valence-corrected chi connectivity index (χ3v) is 9.49. The molecule has 8 atom stereocenters. The smallest absolute Gasteiger partial charge is 0.0303 e. The zero-order valence-electron chi connectivity index (χ0n) is 22.7. The molecule has 0 radical (unpaired) electrons. The van der Waals surface area contributed by atoms with Gasteiger partial charge in [-0.3, -0.25) is 0 Å². The van der Waals surface area contributed by atoms with Gasteiger partial charge in [-0.15, -0.1) is 0 Å². The monoisotopic (exact) mass is 418 g/mol. The van der Waals surface area contributed by atoms with Crippen molar-refractivity contribution in [1.29, 1.82) is 0 Å². The van der Waals surface area contributed by atoms with Crippen molar-refractivity contribution in [3.63, 3.8) is 0 Å². The fourth-order valence-corrected chi connectivity index (χ4v) is 8.78. The highest BCUT2D eigenvalue weighted by Crippen LogP contribution is 2.62. The molecule has 0 spiro atoms. The highest BCUT2D eigenvalue weighted by atomic mass is 14.6. The number of rotatable bonds is 8. The van der Waals surface area contributed by atoms with Gasteiger partial charge in [0.2, 0.25) is 0 Å². The average Bonchev–Trinajstić information content (AvgIpc) is 2.64. The first-order chi connectivity index (χ1) is 14.0. The second-order valence-corrected chi connectivity index (χ2v) is 13.6. The number of hydrogen-bond acceptors (Lipinski definition) is 0. The molecule has 0 nitrogen and oxygen atoms in total. The third kappa shape index (κ3) is 5.86. The van der Waals surface area contributed by atoms with E-state index in [1.807, 2.05) is 0 Å². The summed E-state index contributed by atoms with van der Waals surface area (Å²) in [4.78, 5) is 0. The van der Waals surface area contributed by atoms with Gasteiger partial charge in [0, 0.05) is 0 Å². The van der Waals surface area contributed by atoms with Crippen LogP contribution >= 0.6 is 0 Å². The molecule has 2 saturated carbocycles. The zero-order chi connectivity index (χ0) is 22.7. The Morgan fingerprint density at radius 3 is 1.80 bits per heavy atom. The predicted octanol–water partition coefficient (Wildman–Crippen LogP) is 10.0. The molecule has 2 aliphatic rings. The van der Waals surface area contributed by atoms with Crippen molar-refractivity contribution in [1.82, 2.24) is 0 Å². The summed E-state index contributed by atoms with van der Waals surface area (Å²) in [6, 6.07) is 0. The lowest BCUT2D eigenvalue weighted by Gasteiger charge is -2.61. The van der Waals surface area contributed by atoms with Crippen LogP contribution in [0.5, 0.6) is 0 Å². The highest BCUT2D eigenvalue weighted by molar-refractivity contribution is 5.04. The maximum Gasteiger partial charge on any atom is -0.0303 e. The molecular weight excluding hydrogens is 360 g/mol. The van der Waals surface area contributed by atoms with E-state index in [0.717, 1.165) is 47.3 Å². The summed E-state index contributed by atoms with van der Waals surface area (Å²) in [5, 5.41) is 0. The molecule has 0 bridgehead atoms. The first kappa shape index (κ1) is 26.3. The van der Waals surface area contributed by atoms with Gasteiger partial charge in [-0.1, -0.05) is 114 Å². The van der Waals surface area contributed by atoms with Crippen LogP contribution in [0, 0.1) is 58.2 Å². The largest absolute Gasteiger partial charge is 0.0654 e. The van der Waals surface area contributed by atoms with Crippen LogP contribution in [0.4, 0.5) is 0 Å². The van der Waals surface area contributed by atoms with Crippen molar-refractivity contribution in [2.24, 2.45) is 58.2 Å². The predicted molar refractivity (Wildman–Crippen MR) is 136 cm³/mol. The average molecular weight is 419 g/mol. The third-order valence-electron chi connectivity index (χ3n) is 9.49. The first-order valence-corrected chi connectivity index (χ1v) is 14.0. The maximum atomic E-state index is 2.58. The van der Waals surface area contributed by atoms with Gasteiger partial charge in [0.1, 0.15) is 0 Å². The molecule has 0 aromatic rings. The molecule has 0 heterocycles. The van der Waals surface area contributed by atoms with E-state index in [-0.39, 0.29) is 0 Å². The second-order valence-electron chi connectivity index (χ2n) is 13.6. The minimum absolute atomic E-state index is 0.439. The van der Waals surface area contributed by atoms with Crippen molar-refractivity contribution in [2.75, 3.05) is 0 Å². The van der Waals surface area contributed by atoms with Gasteiger partial charge >= 0.3 is 0 Å². The van der Waals surface area contributed by atoms with Crippen molar-refractivity contribution in [3.05, 3.63) is 0 Å². The van der Waals surface area contributed by atoms with E-state index in [2.05, 4.69) is 69.2 Å². The Balaban J connectivity index is 2.40. The number of fused-ring (bicyclic) bond motifs is 1. The second kappa shape index (κ2) is 10.7. The summed E-state index contributed by atoms with van der Waals surface area (Å²) in [7, 11) is 0. The first-order valence-electron chi connectivity index (χ1n) is 14.0. The van der Waals surface area contributed by atoms with Crippen LogP contribution in [0.3, 0.4) is 0 Å². The quantitative estimate of drug-likeness (QED) is 0.368. The van der Waals surface area contributed by atoms with Gasteiger partial charge in [0.05, 0.1) is 0 Å². The molecule has 178 valence electrons. The van der Waals surface area contributed by atoms with E-state index in [9.17, 15) is 0 Å². The van der Waals surface area contributed by atoms with Crippen LogP contribution in [0.15, 0.2) is 0 Å². The minimum Gasteiger partial charge on any atom is -0.0654 e. The summed E-state index contributed by atoms with van der Waals surface area (Å²) in [6.45, 7) is 25.2.